The Hall–Kier alpha value is -2.17. The van der Waals surface area contributed by atoms with E-state index in [0.717, 1.165) is 5.39 Å². The zero-order valence-corrected chi connectivity index (χ0v) is 18.0. The number of halogens is 2. The molecule has 1 aromatic carbocycles. The van der Waals surface area contributed by atoms with Crippen molar-refractivity contribution in [1.29, 1.82) is 0 Å². The Balaban J connectivity index is 1.86. The summed E-state index contributed by atoms with van der Waals surface area (Å²) in [6.45, 7) is 3.22. The lowest BCUT2D eigenvalue weighted by atomic mass is 10.1. The smallest absolute Gasteiger partial charge is 0.389 e. The van der Waals surface area contributed by atoms with Crippen LogP contribution in [-0.4, -0.2) is 47.3 Å². The Bertz CT molecular complexity index is 1140. The number of nitrogens with zero attached hydrogens (tertiary/aromatic N) is 3. The first kappa shape index (κ1) is 23.5. The molecule has 0 radical (unpaired) electrons. The summed E-state index contributed by atoms with van der Waals surface area (Å²) in [6, 6.07) is 7.35. The Morgan fingerprint density at radius 3 is 2.55 bits per heavy atom. The van der Waals surface area contributed by atoms with Crippen LogP contribution >= 0.6 is 7.60 Å². The Morgan fingerprint density at radius 1 is 1.23 bits per heavy atom. The highest BCUT2D eigenvalue weighted by molar-refractivity contribution is 7.53. The van der Waals surface area contributed by atoms with Crippen LogP contribution in [0.25, 0.3) is 21.9 Å². The van der Waals surface area contributed by atoms with E-state index in [1.165, 1.54) is 0 Å². The molecule has 3 rings (SSSR count). The molecule has 0 spiro atoms. The summed E-state index contributed by atoms with van der Waals surface area (Å²) in [6.07, 6.45) is -1.25. The average molecular weight is 458 g/mol. The Morgan fingerprint density at radius 2 is 1.90 bits per heavy atom. The first-order valence-corrected chi connectivity index (χ1v) is 11.2. The number of nitrogen functional groups attached to an aromatic ring is 1. The lowest BCUT2D eigenvalue weighted by Gasteiger charge is -2.21. The SMILES string of the molecule is CC(C)(O)Cn1c(COCCCC(F)(F)P(=O)(O)O)nc2c(N)nc3ccccc3c21. The number of pyridine rings is 1. The van der Waals surface area contributed by atoms with Gasteiger partial charge in [-0.15, -0.1) is 0 Å². The minimum Gasteiger partial charge on any atom is -0.389 e. The number of nitrogens with two attached hydrogens (primary N) is 1. The number of aromatic nitrogens is 3. The third-order valence-electron chi connectivity index (χ3n) is 4.66. The van der Waals surface area contributed by atoms with Gasteiger partial charge in [-0.05, 0) is 26.3 Å². The standard InChI is InChI=1S/C19H25F2N4O5P/c1-18(2,26)11-25-14(10-30-9-5-8-19(20,21)31(27,28)29)24-15-16(25)12-6-3-4-7-13(12)23-17(15)22/h3-4,6-7,26H,5,8-11H2,1-2H3,(H2,22,23)(H2,27,28,29). The van der Waals surface area contributed by atoms with Crippen molar-refractivity contribution in [3.63, 3.8) is 0 Å². The average Bonchev–Trinajstić information content (AvgIpc) is 2.98. The minimum atomic E-state index is -5.51. The number of hydrogen-bond donors (Lipinski definition) is 4. The molecule has 0 unspecified atom stereocenters. The zero-order chi connectivity index (χ0) is 23.0. The van der Waals surface area contributed by atoms with Crippen molar-refractivity contribution in [2.24, 2.45) is 0 Å². The van der Waals surface area contributed by atoms with E-state index in [0.29, 0.717) is 22.4 Å². The predicted octanol–water partition coefficient (Wildman–Crippen LogP) is 3.00. The van der Waals surface area contributed by atoms with Gasteiger partial charge in [0.2, 0.25) is 0 Å². The van der Waals surface area contributed by atoms with Gasteiger partial charge in [-0.2, -0.15) is 8.78 Å². The fourth-order valence-corrected chi connectivity index (χ4v) is 3.72. The van der Waals surface area contributed by atoms with Crippen molar-refractivity contribution in [1.82, 2.24) is 14.5 Å². The van der Waals surface area contributed by atoms with E-state index in [9.17, 15) is 18.5 Å². The van der Waals surface area contributed by atoms with Gasteiger partial charge in [0.15, 0.2) is 5.82 Å². The summed E-state index contributed by atoms with van der Waals surface area (Å²) >= 11 is 0. The summed E-state index contributed by atoms with van der Waals surface area (Å²) in [5, 5.41) is 11.2. The Kier molecular flexibility index (Phi) is 6.37. The molecule has 3 aromatic rings. The van der Waals surface area contributed by atoms with Crippen LogP contribution in [0.15, 0.2) is 24.3 Å². The van der Waals surface area contributed by atoms with Crippen LogP contribution in [0.1, 0.15) is 32.5 Å². The van der Waals surface area contributed by atoms with Gasteiger partial charge in [-0.25, -0.2) is 9.97 Å². The first-order chi connectivity index (χ1) is 14.3. The summed E-state index contributed by atoms with van der Waals surface area (Å²) in [5.41, 5.74) is 2.68. The molecule has 0 bridgehead atoms. The van der Waals surface area contributed by atoms with Crippen molar-refractivity contribution in [3.05, 3.63) is 30.1 Å². The van der Waals surface area contributed by atoms with Crippen LogP contribution in [0.4, 0.5) is 14.6 Å². The molecule has 0 aliphatic carbocycles. The molecule has 31 heavy (non-hydrogen) atoms. The second-order valence-electron chi connectivity index (χ2n) is 8.00. The number of hydrogen-bond acceptors (Lipinski definition) is 6. The summed E-state index contributed by atoms with van der Waals surface area (Å²) in [4.78, 5) is 26.2. The summed E-state index contributed by atoms with van der Waals surface area (Å²) in [5.74, 6) is 0.634. The summed E-state index contributed by atoms with van der Waals surface area (Å²) in [7, 11) is -5.51. The van der Waals surface area contributed by atoms with Gasteiger partial charge in [0.1, 0.15) is 17.9 Å². The van der Waals surface area contributed by atoms with Crippen molar-refractivity contribution >= 4 is 35.3 Å². The molecule has 2 heterocycles. The number of fused-ring (bicyclic) bond motifs is 3. The van der Waals surface area contributed by atoms with Gasteiger partial charge in [0.25, 0.3) is 0 Å². The highest BCUT2D eigenvalue weighted by Gasteiger charge is 2.47. The molecule has 0 atom stereocenters. The highest BCUT2D eigenvalue weighted by Crippen LogP contribution is 2.55. The van der Waals surface area contributed by atoms with E-state index >= 15 is 0 Å². The molecule has 170 valence electrons. The van der Waals surface area contributed by atoms with Crippen LogP contribution < -0.4 is 5.73 Å². The maximum atomic E-state index is 13.4. The van der Waals surface area contributed by atoms with Gasteiger partial charge in [-0.3, -0.25) is 4.57 Å². The third-order valence-corrected chi connectivity index (χ3v) is 5.73. The lowest BCUT2D eigenvalue weighted by Crippen LogP contribution is -2.27. The van der Waals surface area contributed by atoms with E-state index in [1.54, 1.807) is 18.4 Å². The molecule has 0 aliphatic rings. The maximum Gasteiger partial charge on any atom is 0.394 e. The number of para-hydroxylation sites is 1. The van der Waals surface area contributed by atoms with Gasteiger partial charge in [-0.1, -0.05) is 18.2 Å². The molecule has 5 N–H and O–H groups in total. The van der Waals surface area contributed by atoms with E-state index in [-0.39, 0.29) is 32.0 Å². The molecule has 9 nitrogen and oxygen atoms in total. The van der Waals surface area contributed by atoms with Gasteiger partial charge in [0.05, 0.1) is 23.2 Å². The number of rotatable bonds is 9. The van der Waals surface area contributed by atoms with Crippen molar-refractivity contribution in [2.45, 2.75) is 51.1 Å². The molecule has 0 saturated heterocycles. The largest absolute Gasteiger partial charge is 0.394 e. The fraction of sp³-hybridized carbons (Fsp3) is 0.474. The third kappa shape index (κ3) is 5.19. The molecule has 2 aromatic heterocycles. The highest BCUT2D eigenvalue weighted by atomic mass is 31.2. The zero-order valence-electron chi connectivity index (χ0n) is 17.1. The van der Waals surface area contributed by atoms with Gasteiger partial charge >= 0.3 is 13.3 Å². The molecular weight excluding hydrogens is 433 g/mol. The number of alkyl halides is 2. The van der Waals surface area contributed by atoms with Crippen LogP contribution in [0.3, 0.4) is 0 Å². The number of aliphatic hydroxyl groups is 1. The predicted molar refractivity (Wildman–Crippen MR) is 112 cm³/mol. The monoisotopic (exact) mass is 458 g/mol. The molecular formula is C19H25F2N4O5P. The van der Waals surface area contributed by atoms with E-state index < -0.39 is 25.3 Å². The lowest BCUT2D eigenvalue weighted by molar-refractivity contribution is 0.0316. The molecule has 0 amide bonds. The second-order valence-corrected chi connectivity index (χ2v) is 9.75. The van der Waals surface area contributed by atoms with E-state index in [1.807, 2.05) is 24.3 Å². The first-order valence-electron chi connectivity index (χ1n) is 9.57. The number of benzene rings is 1. The second kappa shape index (κ2) is 8.40. The van der Waals surface area contributed by atoms with Crippen molar-refractivity contribution in [3.8, 4) is 0 Å². The van der Waals surface area contributed by atoms with E-state index in [4.69, 9.17) is 20.3 Å². The quantitative estimate of drug-likeness (QED) is 0.283. The van der Waals surface area contributed by atoms with Crippen molar-refractivity contribution in [2.75, 3.05) is 12.3 Å². The number of ether oxygens (including phenoxy) is 1. The number of imidazole rings is 1. The molecule has 0 fully saturated rings. The topological polar surface area (TPSA) is 144 Å². The summed E-state index contributed by atoms with van der Waals surface area (Å²) < 4.78 is 44.8. The van der Waals surface area contributed by atoms with Gasteiger partial charge < -0.3 is 29.9 Å². The fourth-order valence-electron chi connectivity index (χ4n) is 3.27. The van der Waals surface area contributed by atoms with Crippen LogP contribution in [-0.2, 0) is 22.5 Å². The van der Waals surface area contributed by atoms with Crippen LogP contribution in [0, 0.1) is 0 Å². The minimum absolute atomic E-state index is 0.0694. The molecule has 0 aliphatic heterocycles. The van der Waals surface area contributed by atoms with Gasteiger partial charge in [0, 0.05) is 18.4 Å². The normalized spacial score (nSPS) is 13.4. The molecule has 12 heteroatoms. The number of anilines is 1. The van der Waals surface area contributed by atoms with E-state index in [2.05, 4.69) is 9.97 Å². The Labute approximate surface area is 177 Å². The van der Waals surface area contributed by atoms with Crippen molar-refractivity contribution < 1.29 is 33.0 Å². The van der Waals surface area contributed by atoms with Crippen LogP contribution in [0.2, 0.25) is 0 Å². The maximum absolute atomic E-state index is 13.4. The molecule has 0 saturated carbocycles. The van der Waals surface area contributed by atoms with Crippen LogP contribution in [0.5, 0.6) is 0 Å².